The van der Waals surface area contributed by atoms with Gasteiger partial charge in [0, 0.05) is 12.5 Å². The summed E-state index contributed by atoms with van der Waals surface area (Å²) in [5, 5.41) is 12.1. The predicted molar refractivity (Wildman–Crippen MR) is 109 cm³/mol. The third kappa shape index (κ3) is 6.04. The van der Waals surface area contributed by atoms with Crippen LogP contribution in [0.4, 0.5) is 5.13 Å². The first-order valence-corrected chi connectivity index (χ1v) is 9.48. The van der Waals surface area contributed by atoms with Gasteiger partial charge in [-0.25, -0.2) is 0 Å². The SMILES string of the molecule is Cc1ccc(/C=C/C(=O)Nc2nnc(CCOc3cccc(C)c3)s2)cc1. The number of ether oxygens (including phenoxy) is 1. The van der Waals surface area contributed by atoms with Crippen LogP contribution < -0.4 is 10.1 Å². The Kier molecular flexibility index (Phi) is 6.33. The molecule has 1 amide bonds. The van der Waals surface area contributed by atoms with Crippen LogP contribution in [0.2, 0.25) is 0 Å². The first-order chi connectivity index (χ1) is 13.1. The zero-order chi connectivity index (χ0) is 19.1. The molecule has 0 aliphatic rings. The molecule has 0 atom stereocenters. The Hall–Kier alpha value is -2.99. The molecule has 0 aliphatic heterocycles. The van der Waals surface area contributed by atoms with Gasteiger partial charge in [0.15, 0.2) is 0 Å². The molecule has 138 valence electrons. The summed E-state index contributed by atoms with van der Waals surface area (Å²) in [5.41, 5.74) is 3.32. The van der Waals surface area contributed by atoms with Gasteiger partial charge in [-0.05, 0) is 43.2 Å². The van der Waals surface area contributed by atoms with Gasteiger partial charge >= 0.3 is 0 Å². The quantitative estimate of drug-likeness (QED) is 0.617. The Morgan fingerprint density at radius 2 is 1.93 bits per heavy atom. The number of nitrogens with zero attached hydrogens (tertiary/aromatic N) is 2. The zero-order valence-corrected chi connectivity index (χ0v) is 16.1. The lowest BCUT2D eigenvalue weighted by Gasteiger charge is -2.04. The number of hydrogen-bond acceptors (Lipinski definition) is 5. The summed E-state index contributed by atoms with van der Waals surface area (Å²) < 4.78 is 5.72. The fourth-order valence-corrected chi connectivity index (χ4v) is 3.09. The Bertz CT molecular complexity index is 933. The van der Waals surface area contributed by atoms with Crippen molar-refractivity contribution in [2.45, 2.75) is 20.3 Å². The third-order valence-corrected chi connectivity index (χ3v) is 4.67. The van der Waals surface area contributed by atoms with E-state index < -0.39 is 0 Å². The number of carbonyl (C=O) groups is 1. The highest BCUT2D eigenvalue weighted by Gasteiger charge is 2.07. The van der Waals surface area contributed by atoms with Gasteiger partial charge in [0.1, 0.15) is 10.8 Å². The summed E-state index contributed by atoms with van der Waals surface area (Å²) in [7, 11) is 0. The second-order valence-electron chi connectivity index (χ2n) is 6.15. The van der Waals surface area contributed by atoms with Gasteiger partial charge in [-0.15, -0.1) is 10.2 Å². The average molecular weight is 379 g/mol. The fraction of sp³-hybridized carbons (Fsp3) is 0.190. The van der Waals surface area contributed by atoms with Gasteiger partial charge in [0.25, 0.3) is 0 Å². The number of nitrogens with one attached hydrogen (secondary N) is 1. The van der Waals surface area contributed by atoms with E-state index in [2.05, 4.69) is 15.5 Å². The number of rotatable bonds is 7. The number of anilines is 1. The Morgan fingerprint density at radius 3 is 2.70 bits per heavy atom. The lowest BCUT2D eigenvalue weighted by molar-refractivity contribution is -0.111. The molecule has 0 saturated heterocycles. The molecule has 27 heavy (non-hydrogen) atoms. The first-order valence-electron chi connectivity index (χ1n) is 8.66. The number of benzene rings is 2. The van der Waals surface area contributed by atoms with E-state index >= 15 is 0 Å². The monoisotopic (exact) mass is 379 g/mol. The number of hydrogen-bond donors (Lipinski definition) is 1. The summed E-state index contributed by atoms with van der Waals surface area (Å²) in [6, 6.07) is 15.9. The largest absolute Gasteiger partial charge is 0.493 e. The second-order valence-corrected chi connectivity index (χ2v) is 7.21. The standard InChI is InChI=1S/C21H21N3O2S/c1-15-6-8-17(9-7-15)10-11-19(25)22-21-24-23-20(27-21)12-13-26-18-5-3-4-16(2)14-18/h3-11,14H,12-13H2,1-2H3,(H,22,24,25)/b11-10+. The fourth-order valence-electron chi connectivity index (χ4n) is 2.36. The predicted octanol–water partition coefficient (Wildman–Crippen LogP) is 4.43. The van der Waals surface area contributed by atoms with Gasteiger partial charge in [0.2, 0.25) is 11.0 Å². The van der Waals surface area contributed by atoms with E-state index in [1.807, 2.05) is 62.4 Å². The molecule has 1 N–H and O–H groups in total. The third-order valence-electron chi connectivity index (χ3n) is 3.78. The molecular weight excluding hydrogens is 358 g/mol. The van der Waals surface area contributed by atoms with Crippen LogP contribution >= 0.6 is 11.3 Å². The molecule has 0 fully saturated rings. The second kappa shape index (κ2) is 9.09. The van der Waals surface area contributed by atoms with Crippen LogP contribution in [0.1, 0.15) is 21.7 Å². The topological polar surface area (TPSA) is 64.1 Å². The summed E-state index contributed by atoms with van der Waals surface area (Å²) >= 11 is 1.36. The average Bonchev–Trinajstić information content (AvgIpc) is 3.08. The van der Waals surface area contributed by atoms with Crippen LogP contribution in [-0.4, -0.2) is 22.7 Å². The summed E-state index contributed by atoms with van der Waals surface area (Å²) in [5.74, 6) is 0.614. The van der Waals surface area contributed by atoms with E-state index in [-0.39, 0.29) is 5.91 Å². The normalized spacial score (nSPS) is 10.9. The minimum absolute atomic E-state index is 0.228. The lowest BCUT2D eigenvalue weighted by Crippen LogP contribution is -2.07. The first kappa shape index (κ1) is 18.8. The number of aryl methyl sites for hydroxylation is 2. The summed E-state index contributed by atoms with van der Waals surface area (Å²) in [6.07, 6.45) is 3.90. The Balaban J connectivity index is 1.47. The number of carbonyl (C=O) groups excluding carboxylic acids is 1. The summed E-state index contributed by atoms with van der Waals surface area (Å²) in [4.78, 5) is 12.0. The Labute approximate surface area is 162 Å². The van der Waals surface area contributed by atoms with Crippen molar-refractivity contribution >= 4 is 28.5 Å². The van der Waals surface area contributed by atoms with Crippen LogP contribution in [0, 0.1) is 13.8 Å². The molecule has 1 aromatic heterocycles. The van der Waals surface area contributed by atoms with Crippen molar-refractivity contribution in [1.82, 2.24) is 10.2 Å². The van der Waals surface area contributed by atoms with Gasteiger partial charge < -0.3 is 4.74 Å². The van der Waals surface area contributed by atoms with Crippen LogP contribution in [0.5, 0.6) is 5.75 Å². The van der Waals surface area contributed by atoms with E-state index in [0.717, 1.165) is 21.9 Å². The summed E-state index contributed by atoms with van der Waals surface area (Å²) in [6.45, 7) is 4.57. The molecule has 0 bridgehead atoms. The van der Waals surface area contributed by atoms with Crippen molar-refractivity contribution in [3.05, 3.63) is 76.3 Å². The van der Waals surface area contributed by atoms with Gasteiger partial charge in [-0.3, -0.25) is 10.1 Å². The van der Waals surface area contributed by atoms with Gasteiger partial charge in [-0.1, -0.05) is 53.3 Å². The molecule has 3 rings (SSSR count). The van der Waals surface area contributed by atoms with Crippen LogP contribution in [0.3, 0.4) is 0 Å². The van der Waals surface area contributed by atoms with Crippen molar-refractivity contribution in [2.24, 2.45) is 0 Å². The zero-order valence-electron chi connectivity index (χ0n) is 15.3. The van der Waals surface area contributed by atoms with E-state index in [1.165, 1.54) is 23.0 Å². The van der Waals surface area contributed by atoms with E-state index in [9.17, 15) is 4.79 Å². The maximum Gasteiger partial charge on any atom is 0.250 e. The van der Waals surface area contributed by atoms with Crippen molar-refractivity contribution in [2.75, 3.05) is 11.9 Å². The van der Waals surface area contributed by atoms with Crippen molar-refractivity contribution < 1.29 is 9.53 Å². The highest BCUT2D eigenvalue weighted by Crippen LogP contribution is 2.17. The maximum absolute atomic E-state index is 12.0. The minimum Gasteiger partial charge on any atom is -0.493 e. The van der Waals surface area contributed by atoms with E-state index in [1.54, 1.807) is 6.08 Å². The van der Waals surface area contributed by atoms with E-state index in [4.69, 9.17) is 4.74 Å². The molecule has 0 unspecified atom stereocenters. The van der Waals surface area contributed by atoms with Crippen LogP contribution in [-0.2, 0) is 11.2 Å². The molecule has 0 aliphatic carbocycles. The molecule has 2 aromatic carbocycles. The smallest absolute Gasteiger partial charge is 0.250 e. The number of aromatic nitrogens is 2. The molecule has 0 radical (unpaired) electrons. The molecule has 3 aromatic rings. The van der Waals surface area contributed by atoms with Crippen LogP contribution in [0.15, 0.2) is 54.6 Å². The van der Waals surface area contributed by atoms with Crippen molar-refractivity contribution in [1.29, 1.82) is 0 Å². The molecular formula is C21H21N3O2S. The van der Waals surface area contributed by atoms with Crippen molar-refractivity contribution in [3.63, 3.8) is 0 Å². The molecule has 1 heterocycles. The van der Waals surface area contributed by atoms with E-state index in [0.29, 0.717) is 18.2 Å². The maximum atomic E-state index is 12.0. The molecule has 6 heteroatoms. The van der Waals surface area contributed by atoms with Gasteiger partial charge in [0.05, 0.1) is 6.61 Å². The van der Waals surface area contributed by atoms with Gasteiger partial charge in [-0.2, -0.15) is 0 Å². The van der Waals surface area contributed by atoms with Crippen molar-refractivity contribution in [3.8, 4) is 5.75 Å². The molecule has 5 nitrogen and oxygen atoms in total. The molecule has 0 spiro atoms. The molecule has 0 saturated carbocycles. The highest BCUT2D eigenvalue weighted by atomic mass is 32.1. The Morgan fingerprint density at radius 1 is 1.11 bits per heavy atom. The minimum atomic E-state index is -0.228. The highest BCUT2D eigenvalue weighted by molar-refractivity contribution is 7.15. The lowest BCUT2D eigenvalue weighted by atomic mass is 10.1. The van der Waals surface area contributed by atoms with Crippen LogP contribution in [0.25, 0.3) is 6.08 Å². The number of amides is 1.